The summed E-state index contributed by atoms with van der Waals surface area (Å²) in [6.45, 7) is 0.668. The van der Waals surface area contributed by atoms with E-state index < -0.39 is 0 Å². The van der Waals surface area contributed by atoms with Crippen molar-refractivity contribution < 1.29 is 4.79 Å². The van der Waals surface area contributed by atoms with E-state index in [-0.39, 0.29) is 5.91 Å². The lowest BCUT2D eigenvalue weighted by molar-refractivity contribution is -0.118. The van der Waals surface area contributed by atoms with Crippen LogP contribution in [-0.4, -0.2) is 24.0 Å². The van der Waals surface area contributed by atoms with Crippen molar-refractivity contribution in [3.8, 4) is 6.07 Å². The Bertz CT molecular complexity index is 373. The summed E-state index contributed by atoms with van der Waals surface area (Å²) in [6.07, 6.45) is 1.36. The topological polar surface area (TPSA) is 52.9 Å². The third-order valence-corrected chi connectivity index (χ3v) is 3.13. The number of rotatable bonds is 7. The highest BCUT2D eigenvalue weighted by atomic mass is 32.2. The fourth-order valence-electron chi connectivity index (χ4n) is 1.32. The Kier molecular flexibility index (Phi) is 6.92. The Morgan fingerprint density at radius 1 is 1.35 bits per heavy atom. The van der Waals surface area contributed by atoms with Crippen molar-refractivity contribution in [1.82, 2.24) is 5.32 Å². The molecule has 0 atom stereocenters. The van der Waals surface area contributed by atoms with Gasteiger partial charge in [0.1, 0.15) is 0 Å². The van der Waals surface area contributed by atoms with Crippen LogP contribution in [0.1, 0.15) is 12.0 Å². The molecule has 3 nitrogen and oxygen atoms in total. The lowest BCUT2D eigenvalue weighted by Gasteiger charge is -2.04. The van der Waals surface area contributed by atoms with Crippen LogP contribution in [-0.2, 0) is 11.2 Å². The first-order valence-corrected chi connectivity index (χ1v) is 6.73. The molecular formula is C13H16N2OS. The number of amides is 1. The molecule has 0 aliphatic rings. The summed E-state index contributed by atoms with van der Waals surface area (Å²) in [4.78, 5) is 11.4. The second-order valence-electron chi connectivity index (χ2n) is 3.55. The van der Waals surface area contributed by atoms with E-state index in [9.17, 15) is 4.79 Å². The molecule has 0 bridgehead atoms. The molecular weight excluding hydrogens is 232 g/mol. The first-order valence-electron chi connectivity index (χ1n) is 5.58. The number of nitriles is 1. The molecule has 0 fully saturated rings. The highest BCUT2D eigenvalue weighted by molar-refractivity contribution is 7.99. The number of hydrogen-bond donors (Lipinski definition) is 1. The maximum Gasteiger partial charge on any atom is 0.230 e. The van der Waals surface area contributed by atoms with Gasteiger partial charge in [0.05, 0.1) is 11.8 Å². The van der Waals surface area contributed by atoms with Crippen LogP contribution < -0.4 is 5.32 Å². The SMILES string of the molecule is N#CCCSCC(=O)NCCc1ccccc1. The Labute approximate surface area is 106 Å². The van der Waals surface area contributed by atoms with Gasteiger partial charge in [0.15, 0.2) is 0 Å². The van der Waals surface area contributed by atoms with Gasteiger partial charge in [-0.3, -0.25) is 4.79 Å². The zero-order valence-electron chi connectivity index (χ0n) is 9.69. The van der Waals surface area contributed by atoms with Crippen LogP contribution in [0.25, 0.3) is 0 Å². The van der Waals surface area contributed by atoms with Crippen LogP contribution in [0.5, 0.6) is 0 Å². The number of carbonyl (C=O) groups is 1. The predicted molar refractivity (Wildman–Crippen MR) is 70.7 cm³/mol. The van der Waals surface area contributed by atoms with E-state index in [0.29, 0.717) is 18.7 Å². The summed E-state index contributed by atoms with van der Waals surface area (Å²) in [5.74, 6) is 1.21. The van der Waals surface area contributed by atoms with Crippen molar-refractivity contribution in [2.75, 3.05) is 18.1 Å². The van der Waals surface area contributed by atoms with E-state index in [0.717, 1.165) is 12.2 Å². The van der Waals surface area contributed by atoms with Crippen molar-refractivity contribution in [3.63, 3.8) is 0 Å². The minimum atomic E-state index is 0.0453. The van der Waals surface area contributed by atoms with Crippen molar-refractivity contribution in [2.24, 2.45) is 0 Å². The van der Waals surface area contributed by atoms with Gasteiger partial charge in [-0.2, -0.15) is 17.0 Å². The molecule has 0 unspecified atom stereocenters. The highest BCUT2D eigenvalue weighted by Crippen LogP contribution is 2.01. The van der Waals surface area contributed by atoms with Gasteiger partial charge >= 0.3 is 0 Å². The van der Waals surface area contributed by atoms with Crippen molar-refractivity contribution in [3.05, 3.63) is 35.9 Å². The van der Waals surface area contributed by atoms with Crippen LogP contribution in [0.3, 0.4) is 0 Å². The van der Waals surface area contributed by atoms with Gasteiger partial charge in [0.25, 0.3) is 0 Å². The quantitative estimate of drug-likeness (QED) is 0.751. The van der Waals surface area contributed by atoms with E-state index in [1.54, 1.807) is 0 Å². The number of carbonyl (C=O) groups excluding carboxylic acids is 1. The Hall–Kier alpha value is -1.47. The molecule has 4 heteroatoms. The van der Waals surface area contributed by atoms with Gasteiger partial charge in [-0.05, 0) is 12.0 Å². The second kappa shape index (κ2) is 8.66. The van der Waals surface area contributed by atoms with Gasteiger partial charge in [-0.1, -0.05) is 30.3 Å². The zero-order chi connectivity index (χ0) is 12.3. The van der Waals surface area contributed by atoms with E-state index in [1.807, 2.05) is 30.3 Å². The van der Waals surface area contributed by atoms with Crippen LogP contribution in [0.15, 0.2) is 30.3 Å². The average molecular weight is 248 g/mol. The average Bonchev–Trinajstić information content (AvgIpc) is 2.36. The number of thioether (sulfide) groups is 1. The number of nitrogens with one attached hydrogen (secondary N) is 1. The van der Waals surface area contributed by atoms with Crippen molar-refractivity contribution in [2.45, 2.75) is 12.8 Å². The minimum absolute atomic E-state index is 0.0453. The molecule has 0 radical (unpaired) electrons. The standard InChI is InChI=1S/C13H16N2OS/c14-8-4-10-17-11-13(16)15-9-7-12-5-2-1-3-6-12/h1-3,5-6H,4,7,9-11H2,(H,15,16). The second-order valence-corrected chi connectivity index (χ2v) is 4.65. The summed E-state index contributed by atoms with van der Waals surface area (Å²) >= 11 is 1.50. The minimum Gasteiger partial charge on any atom is -0.355 e. The van der Waals surface area contributed by atoms with Gasteiger partial charge < -0.3 is 5.32 Å². The summed E-state index contributed by atoms with van der Waals surface area (Å²) < 4.78 is 0. The first-order chi connectivity index (χ1) is 8.33. The van der Waals surface area contributed by atoms with Crippen LogP contribution in [0, 0.1) is 11.3 Å². The van der Waals surface area contributed by atoms with Gasteiger partial charge in [-0.15, -0.1) is 0 Å². The van der Waals surface area contributed by atoms with Gasteiger partial charge in [0.2, 0.25) is 5.91 Å². The zero-order valence-corrected chi connectivity index (χ0v) is 10.5. The predicted octanol–water partition coefficient (Wildman–Crippen LogP) is 1.99. The molecule has 0 saturated carbocycles. The summed E-state index contributed by atoms with van der Waals surface area (Å²) in [6, 6.07) is 12.1. The molecule has 0 aliphatic heterocycles. The lowest BCUT2D eigenvalue weighted by Crippen LogP contribution is -2.27. The molecule has 1 aromatic rings. The Morgan fingerprint density at radius 2 is 2.12 bits per heavy atom. The summed E-state index contributed by atoms with van der Waals surface area (Å²) in [7, 11) is 0. The molecule has 0 spiro atoms. The molecule has 0 aliphatic carbocycles. The van der Waals surface area contributed by atoms with E-state index >= 15 is 0 Å². The number of nitrogens with zero attached hydrogens (tertiary/aromatic N) is 1. The van der Waals surface area contributed by atoms with E-state index in [2.05, 4.69) is 11.4 Å². The monoisotopic (exact) mass is 248 g/mol. The first kappa shape index (κ1) is 13.6. The third-order valence-electron chi connectivity index (χ3n) is 2.17. The van der Waals surface area contributed by atoms with Crippen molar-refractivity contribution >= 4 is 17.7 Å². The molecule has 1 aromatic carbocycles. The maximum atomic E-state index is 11.4. The third kappa shape index (κ3) is 6.64. The molecule has 1 N–H and O–H groups in total. The van der Waals surface area contributed by atoms with Crippen LogP contribution in [0.4, 0.5) is 0 Å². The van der Waals surface area contributed by atoms with Gasteiger partial charge in [0, 0.05) is 18.7 Å². The molecule has 1 rings (SSSR count). The Morgan fingerprint density at radius 3 is 2.82 bits per heavy atom. The fourth-order valence-corrected chi connectivity index (χ4v) is 1.99. The molecule has 0 saturated heterocycles. The molecule has 17 heavy (non-hydrogen) atoms. The van der Waals surface area contributed by atoms with Crippen LogP contribution >= 0.6 is 11.8 Å². The smallest absolute Gasteiger partial charge is 0.230 e. The van der Waals surface area contributed by atoms with E-state index in [1.165, 1.54) is 17.3 Å². The molecule has 90 valence electrons. The number of benzene rings is 1. The number of hydrogen-bond acceptors (Lipinski definition) is 3. The highest BCUT2D eigenvalue weighted by Gasteiger charge is 2.00. The van der Waals surface area contributed by atoms with Gasteiger partial charge in [-0.25, -0.2) is 0 Å². The van der Waals surface area contributed by atoms with E-state index in [4.69, 9.17) is 5.26 Å². The van der Waals surface area contributed by atoms with Crippen molar-refractivity contribution in [1.29, 1.82) is 5.26 Å². The lowest BCUT2D eigenvalue weighted by atomic mass is 10.1. The maximum absolute atomic E-state index is 11.4. The fraction of sp³-hybridized carbons (Fsp3) is 0.385. The normalized spacial score (nSPS) is 9.59. The summed E-state index contributed by atoms with van der Waals surface area (Å²) in [5.41, 5.74) is 1.23. The molecule has 0 heterocycles. The summed E-state index contributed by atoms with van der Waals surface area (Å²) in [5, 5.41) is 11.2. The van der Waals surface area contributed by atoms with Crippen LogP contribution in [0.2, 0.25) is 0 Å². The largest absolute Gasteiger partial charge is 0.355 e. The Balaban J connectivity index is 2.07. The molecule has 0 aromatic heterocycles. The molecule has 1 amide bonds.